The van der Waals surface area contributed by atoms with Crippen molar-refractivity contribution in [2.75, 3.05) is 0 Å². The number of rotatable bonds is 4. The lowest BCUT2D eigenvalue weighted by Crippen LogP contribution is -2.24. The van der Waals surface area contributed by atoms with Gasteiger partial charge in [0.05, 0.1) is 11.6 Å². The summed E-state index contributed by atoms with van der Waals surface area (Å²) < 4.78 is 38.4. The van der Waals surface area contributed by atoms with Gasteiger partial charge >= 0.3 is 6.18 Å². The molecule has 1 heterocycles. The molecule has 1 N–H and O–H groups in total. The van der Waals surface area contributed by atoms with Crippen molar-refractivity contribution in [3.8, 4) is 0 Å². The highest BCUT2D eigenvalue weighted by Gasteiger charge is 2.32. The maximum atomic E-state index is 12.8. The van der Waals surface area contributed by atoms with E-state index in [0.29, 0.717) is 11.6 Å². The number of hydrogen-bond donors (Lipinski definition) is 1. The van der Waals surface area contributed by atoms with Gasteiger partial charge in [-0.15, -0.1) is 11.3 Å². The lowest BCUT2D eigenvalue weighted by Gasteiger charge is -2.18. The number of aromatic nitrogens is 1. The van der Waals surface area contributed by atoms with Gasteiger partial charge in [0.15, 0.2) is 0 Å². The normalized spacial score (nSPS) is 17.1. The summed E-state index contributed by atoms with van der Waals surface area (Å²) in [4.78, 5) is 4.24. The molecule has 3 rings (SSSR count). The van der Waals surface area contributed by atoms with Gasteiger partial charge in [-0.3, -0.25) is 0 Å². The molecule has 1 aromatic carbocycles. The standard InChI is InChI=1S/C14H13F3N2S/c15-14(16,17)10-3-1-2-9(8-10)12(19-11-4-5-11)13-18-6-7-20-13/h1-3,6-8,11-12,19H,4-5H2. The molecule has 1 aromatic heterocycles. The van der Waals surface area contributed by atoms with E-state index in [-0.39, 0.29) is 6.04 Å². The Hall–Kier alpha value is -1.40. The fourth-order valence-electron chi connectivity index (χ4n) is 2.07. The number of nitrogens with zero attached hydrogens (tertiary/aromatic N) is 1. The average Bonchev–Trinajstić information content (AvgIpc) is 3.07. The molecule has 106 valence electrons. The van der Waals surface area contributed by atoms with Crippen molar-refractivity contribution in [3.63, 3.8) is 0 Å². The van der Waals surface area contributed by atoms with E-state index in [0.717, 1.165) is 23.9 Å². The molecule has 2 aromatic rings. The van der Waals surface area contributed by atoms with Gasteiger partial charge in [0.25, 0.3) is 0 Å². The number of alkyl halides is 3. The number of nitrogens with one attached hydrogen (secondary N) is 1. The summed E-state index contributed by atoms with van der Waals surface area (Å²) in [6, 6.07) is 5.61. The highest BCUT2D eigenvalue weighted by atomic mass is 32.1. The smallest absolute Gasteiger partial charge is 0.301 e. The van der Waals surface area contributed by atoms with Crippen LogP contribution in [-0.2, 0) is 6.18 Å². The molecule has 1 saturated carbocycles. The van der Waals surface area contributed by atoms with Crippen molar-refractivity contribution in [3.05, 3.63) is 52.0 Å². The van der Waals surface area contributed by atoms with Gasteiger partial charge in [0, 0.05) is 17.6 Å². The third-order valence-electron chi connectivity index (χ3n) is 3.23. The van der Waals surface area contributed by atoms with Crippen molar-refractivity contribution in [2.24, 2.45) is 0 Å². The summed E-state index contributed by atoms with van der Waals surface area (Å²) in [6.07, 6.45) is -0.500. The number of halogens is 3. The van der Waals surface area contributed by atoms with Gasteiger partial charge < -0.3 is 5.32 Å². The van der Waals surface area contributed by atoms with Crippen LogP contribution in [0.1, 0.15) is 35.0 Å². The van der Waals surface area contributed by atoms with Crippen LogP contribution in [0, 0.1) is 0 Å². The summed E-state index contributed by atoms with van der Waals surface area (Å²) in [5.74, 6) is 0. The molecule has 0 bridgehead atoms. The second-order valence-corrected chi connectivity index (χ2v) is 5.79. The molecule has 0 saturated heterocycles. The zero-order valence-corrected chi connectivity index (χ0v) is 11.3. The fourth-order valence-corrected chi connectivity index (χ4v) is 2.79. The molecule has 1 atom stereocenters. The summed E-state index contributed by atoms with van der Waals surface area (Å²) in [5.41, 5.74) is -0.00386. The van der Waals surface area contributed by atoms with Crippen LogP contribution in [0.5, 0.6) is 0 Å². The molecule has 20 heavy (non-hydrogen) atoms. The second kappa shape index (κ2) is 5.18. The van der Waals surface area contributed by atoms with Gasteiger partial charge in [-0.2, -0.15) is 13.2 Å². The highest BCUT2D eigenvalue weighted by molar-refractivity contribution is 7.09. The van der Waals surface area contributed by atoms with E-state index in [2.05, 4.69) is 10.3 Å². The van der Waals surface area contributed by atoms with Gasteiger partial charge in [0.2, 0.25) is 0 Å². The Bertz CT molecular complexity index is 576. The molecule has 1 aliphatic rings. The summed E-state index contributed by atoms with van der Waals surface area (Å²) in [5, 5.41) is 6.01. The fraction of sp³-hybridized carbons (Fsp3) is 0.357. The van der Waals surface area contributed by atoms with Crippen molar-refractivity contribution in [1.82, 2.24) is 10.3 Å². The van der Waals surface area contributed by atoms with Crippen LogP contribution >= 0.6 is 11.3 Å². The molecule has 0 amide bonds. The van der Waals surface area contributed by atoms with Crippen LogP contribution in [0.4, 0.5) is 13.2 Å². The zero-order valence-electron chi connectivity index (χ0n) is 10.5. The van der Waals surface area contributed by atoms with Crippen molar-refractivity contribution >= 4 is 11.3 Å². The van der Waals surface area contributed by atoms with E-state index < -0.39 is 11.7 Å². The molecular formula is C14H13F3N2S. The molecule has 0 radical (unpaired) electrons. The van der Waals surface area contributed by atoms with Crippen molar-refractivity contribution < 1.29 is 13.2 Å². The van der Waals surface area contributed by atoms with E-state index >= 15 is 0 Å². The Labute approximate surface area is 118 Å². The number of hydrogen-bond acceptors (Lipinski definition) is 3. The van der Waals surface area contributed by atoms with E-state index in [1.54, 1.807) is 12.3 Å². The van der Waals surface area contributed by atoms with Crippen LogP contribution in [0.2, 0.25) is 0 Å². The first-order valence-corrected chi connectivity index (χ1v) is 7.24. The Kier molecular flexibility index (Phi) is 3.52. The van der Waals surface area contributed by atoms with Gasteiger partial charge in [-0.05, 0) is 30.5 Å². The summed E-state index contributed by atoms with van der Waals surface area (Å²) in [6.45, 7) is 0. The molecule has 0 aliphatic heterocycles. The predicted octanol–water partition coefficient (Wildman–Crippen LogP) is 4.00. The maximum absolute atomic E-state index is 12.8. The van der Waals surface area contributed by atoms with Crippen molar-refractivity contribution in [2.45, 2.75) is 31.1 Å². The number of benzene rings is 1. The van der Waals surface area contributed by atoms with E-state index in [1.807, 2.05) is 5.38 Å². The SMILES string of the molecule is FC(F)(F)c1cccc(C(NC2CC2)c2nccs2)c1. The predicted molar refractivity (Wildman–Crippen MR) is 71.6 cm³/mol. The van der Waals surface area contributed by atoms with Crippen LogP contribution in [0.25, 0.3) is 0 Å². The van der Waals surface area contributed by atoms with E-state index in [9.17, 15) is 13.2 Å². The topological polar surface area (TPSA) is 24.9 Å². The van der Waals surface area contributed by atoms with E-state index in [1.165, 1.54) is 23.5 Å². The lowest BCUT2D eigenvalue weighted by atomic mass is 10.0. The molecule has 1 fully saturated rings. The third kappa shape index (κ3) is 3.02. The Balaban J connectivity index is 1.94. The Morgan fingerprint density at radius 2 is 2.10 bits per heavy atom. The first-order chi connectivity index (χ1) is 9.54. The van der Waals surface area contributed by atoms with Crippen LogP contribution in [-0.4, -0.2) is 11.0 Å². The molecule has 0 spiro atoms. The second-order valence-electron chi connectivity index (χ2n) is 4.87. The van der Waals surface area contributed by atoms with Crippen molar-refractivity contribution in [1.29, 1.82) is 0 Å². The molecule has 1 unspecified atom stereocenters. The highest BCUT2D eigenvalue weighted by Crippen LogP contribution is 2.34. The Morgan fingerprint density at radius 3 is 2.70 bits per heavy atom. The molecule has 1 aliphatic carbocycles. The minimum Gasteiger partial charge on any atom is -0.301 e. The molecule has 2 nitrogen and oxygen atoms in total. The van der Waals surface area contributed by atoms with Crippen LogP contribution in [0.3, 0.4) is 0 Å². The van der Waals surface area contributed by atoms with Gasteiger partial charge in [-0.1, -0.05) is 12.1 Å². The maximum Gasteiger partial charge on any atom is 0.416 e. The first-order valence-electron chi connectivity index (χ1n) is 6.36. The zero-order chi connectivity index (χ0) is 14.2. The molecular weight excluding hydrogens is 285 g/mol. The number of thiazole rings is 1. The Morgan fingerprint density at radius 1 is 1.30 bits per heavy atom. The van der Waals surface area contributed by atoms with E-state index in [4.69, 9.17) is 0 Å². The lowest BCUT2D eigenvalue weighted by molar-refractivity contribution is -0.137. The quantitative estimate of drug-likeness (QED) is 0.922. The van der Waals surface area contributed by atoms with Gasteiger partial charge in [0.1, 0.15) is 5.01 Å². The van der Waals surface area contributed by atoms with Gasteiger partial charge in [-0.25, -0.2) is 4.98 Å². The van der Waals surface area contributed by atoms with Crippen LogP contribution < -0.4 is 5.32 Å². The summed E-state index contributed by atoms with van der Waals surface area (Å²) >= 11 is 1.45. The third-order valence-corrected chi connectivity index (χ3v) is 4.07. The first kappa shape index (κ1) is 13.6. The minimum absolute atomic E-state index is 0.259. The minimum atomic E-state index is -4.32. The molecule has 6 heteroatoms. The summed E-state index contributed by atoms with van der Waals surface area (Å²) in [7, 11) is 0. The van der Waals surface area contributed by atoms with Crippen LogP contribution in [0.15, 0.2) is 35.8 Å². The monoisotopic (exact) mass is 298 g/mol. The largest absolute Gasteiger partial charge is 0.416 e. The average molecular weight is 298 g/mol.